The zero-order valence-corrected chi connectivity index (χ0v) is 14.7. The summed E-state index contributed by atoms with van der Waals surface area (Å²) in [7, 11) is 0. The van der Waals surface area contributed by atoms with Crippen molar-refractivity contribution < 1.29 is 9.59 Å². The second-order valence-electron chi connectivity index (χ2n) is 6.46. The first-order valence-electron chi connectivity index (χ1n) is 8.61. The van der Waals surface area contributed by atoms with Gasteiger partial charge in [0.1, 0.15) is 0 Å². The molecule has 1 atom stereocenters. The van der Waals surface area contributed by atoms with Gasteiger partial charge in [-0.25, -0.2) is 0 Å². The lowest BCUT2D eigenvalue weighted by atomic mass is 10.1. The van der Waals surface area contributed by atoms with Gasteiger partial charge in [-0.1, -0.05) is 12.1 Å². The Bertz CT molecular complexity index is 550. The lowest BCUT2D eigenvalue weighted by Crippen LogP contribution is -2.35. The highest BCUT2D eigenvalue weighted by Gasteiger charge is 2.22. The predicted octanol–water partition coefficient (Wildman–Crippen LogP) is 1.96. The number of benzene rings is 1. The summed E-state index contributed by atoms with van der Waals surface area (Å²) in [6.45, 7) is 3.95. The molecule has 0 saturated carbocycles. The van der Waals surface area contributed by atoms with Gasteiger partial charge in [-0.05, 0) is 49.9 Å². The average Bonchev–Trinajstić information content (AvgIpc) is 3.15. The summed E-state index contributed by atoms with van der Waals surface area (Å²) < 4.78 is 0. The Labute approximate surface area is 149 Å². The molecule has 2 aliphatic heterocycles. The number of amides is 2. The lowest BCUT2D eigenvalue weighted by Gasteiger charge is -2.26. The summed E-state index contributed by atoms with van der Waals surface area (Å²) in [6, 6.07) is 7.61. The number of hydrogen-bond donors (Lipinski definition) is 2. The molecule has 2 saturated heterocycles. The summed E-state index contributed by atoms with van der Waals surface area (Å²) >= 11 is 0. The fraction of sp³-hybridized carbons (Fsp3) is 0.556. The van der Waals surface area contributed by atoms with Gasteiger partial charge in [-0.2, -0.15) is 0 Å². The van der Waals surface area contributed by atoms with E-state index in [1.165, 1.54) is 6.42 Å². The molecule has 0 spiro atoms. The number of nitrogens with zero attached hydrogens (tertiary/aromatic N) is 1. The Morgan fingerprint density at radius 3 is 2.46 bits per heavy atom. The third-order valence-electron chi connectivity index (χ3n) is 4.74. The van der Waals surface area contributed by atoms with Gasteiger partial charge in [0.25, 0.3) is 5.91 Å². The minimum Gasteiger partial charge on any atom is -0.352 e. The molecule has 2 N–H and O–H groups in total. The SMILES string of the molecule is Cl.O=C(NCc1ccc(C(=O)N2CCCCC2)cc1)C1CCNC1. The topological polar surface area (TPSA) is 61.4 Å². The van der Waals surface area contributed by atoms with Crippen LogP contribution in [0.2, 0.25) is 0 Å². The summed E-state index contributed by atoms with van der Waals surface area (Å²) in [6.07, 6.45) is 4.34. The molecule has 0 radical (unpaired) electrons. The monoisotopic (exact) mass is 351 g/mol. The number of nitrogens with one attached hydrogen (secondary N) is 2. The van der Waals surface area contributed by atoms with Crippen molar-refractivity contribution in [2.24, 2.45) is 5.92 Å². The van der Waals surface area contributed by atoms with Crippen molar-refractivity contribution >= 4 is 24.2 Å². The average molecular weight is 352 g/mol. The van der Waals surface area contributed by atoms with Crippen LogP contribution in [0.25, 0.3) is 0 Å². The van der Waals surface area contributed by atoms with Gasteiger partial charge in [0.2, 0.25) is 5.91 Å². The van der Waals surface area contributed by atoms with Crippen molar-refractivity contribution in [1.29, 1.82) is 0 Å². The summed E-state index contributed by atoms with van der Waals surface area (Å²) in [5.74, 6) is 0.329. The van der Waals surface area contributed by atoms with Crippen LogP contribution in [0.1, 0.15) is 41.6 Å². The van der Waals surface area contributed by atoms with Crippen molar-refractivity contribution in [3.05, 3.63) is 35.4 Å². The van der Waals surface area contributed by atoms with E-state index in [-0.39, 0.29) is 30.1 Å². The molecule has 3 rings (SSSR count). The van der Waals surface area contributed by atoms with Crippen LogP contribution in [0.5, 0.6) is 0 Å². The van der Waals surface area contributed by atoms with E-state index in [4.69, 9.17) is 0 Å². The first kappa shape index (κ1) is 18.7. The zero-order chi connectivity index (χ0) is 16.1. The molecular weight excluding hydrogens is 326 g/mol. The number of rotatable bonds is 4. The van der Waals surface area contributed by atoms with Crippen LogP contribution in [0, 0.1) is 5.92 Å². The highest BCUT2D eigenvalue weighted by Crippen LogP contribution is 2.14. The third-order valence-corrected chi connectivity index (χ3v) is 4.74. The molecular formula is C18H26ClN3O2. The molecule has 0 bridgehead atoms. The van der Waals surface area contributed by atoms with Crippen LogP contribution in [0.15, 0.2) is 24.3 Å². The smallest absolute Gasteiger partial charge is 0.253 e. The van der Waals surface area contributed by atoms with E-state index < -0.39 is 0 Å². The van der Waals surface area contributed by atoms with Crippen molar-refractivity contribution in [2.75, 3.05) is 26.2 Å². The Hall–Kier alpha value is -1.59. The molecule has 2 aliphatic rings. The molecule has 2 amide bonds. The number of hydrogen-bond acceptors (Lipinski definition) is 3. The van der Waals surface area contributed by atoms with Gasteiger partial charge in [0.15, 0.2) is 0 Å². The lowest BCUT2D eigenvalue weighted by molar-refractivity contribution is -0.124. The minimum atomic E-state index is 0. The minimum absolute atomic E-state index is 0. The third kappa shape index (κ3) is 4.71. The summed E-state index contributed by atoms with van der Waals surface area (Å²) in [5, 5.41) is 6.18. The number of carbonyl (C=O) groups excluding carboxylic acids is 2. The van der Waals surface area contributed by atoms with E-state index in [1.54, 1.807) is 0 Å². The standard InChI is InChI=1S/C18H25N3O2.ClH/c22-17(16-8-9-19-13-16)20-12-14-4-6-15(7-5-14)18(23)21-10-2-1-3-11-21;/h4-7,16,19H,1-3,8-13H2,(H,20,22);1H. The summed E-state index contributed by atoms with van der Waals surface area (Å²) in [4.78, 5) is 26.3. The highest BCUT2D eigenvalue weighted by molar-refractivity contribution is 5.94. The van der Waals surface area contributed by atoms with Gasteiger partial charge in [-0.3, -0.25) is 9.59 Å². The normalized spacial score (nSPS) is 20.3. The van der Waals surface area contributed by atoms with E-state index in [1.807, 2.05) is 29.2 Å². The van der Waals surface area contributed by atoms with Crippen LogP contribution >= 0.6 is 12.4 Å². The molecule has 132 valence electrons. The molecule has 1 aromatic carbocycles. The largest absolute Gasteiger partial charge is 0.352 e. The molecule has 6 heteroatoms. The van der Waals surface area contributed by atoms with Crippen molar-refractivity contribution in [1.82, 2.24) is 15.5 Å². The van der Waals surface area contributed by atoms with Crippen molar-refractivity contribution in [3.63, 3.8) is 0 Å². The second-order valence-corrected chi connectivity index (χ2v) is 6.46. The Kier molecular flexibility index (Phi) is 7.06. The number of carbonyl (C=O) groups is 2. The van der Waals surface area contributed by atoms with E-state index in [9.17, 15) is 9.59 Å². The van der Waals surface area contributed by atoms with E-state index >= 15 is 0 Å². The molecule has 1 aromatic rings. The first-order valence-corrected chi connectivity index (χ1v) is 8.61. The molecule has 5 nitrogen and oxygen atoms in total. The molecule has 0 aliphatic carbocycles. The number of likely N-dealkylation sites (tertiary alicyclic amines) is 1. The maximum absolute atomic E-state index is 12.4. The first-order chi connectivity index (χ1) is 11.2. The molecule has 1 unspecified atom stereocenters. The van der Waals surface area contributed by atoms with Gasteiger partial charge in [0.05, 0.1) is 5.92 Å². The van der Waals surface area contributed by atoms with E-state index in [2.05, 4.69) is 10.6 Å². The van der Waals surface area contributed by atoms with Crippen molar-refractivity contribution in [3.8, 4) is 0 Å². The van der Waals surface area contributed by atoms with Gasteiger partial charge >= 0.3 is 0 Å². The Morgan fingerprint density at radius 1 is 1.12 bits per heavy atom. The van der Waals surface area contributed by atoms with Crippen LogP contribution in [-0.4, -0.2) is 42.9 Å². The van der Waals surface area contributed by atoms with Crippen LogP contribution in [0.4, 0.5) is 0 Å². The second kappa shape index (κ2) is 9.04. The van der Waals surface area contributed by atoms with E-state index in [0.717, 1.165) is 56.6 Å². The van der Waals surface area contributed by atoms with Crippen molar-refractivity contribution in [2.45, 2.75) is 32.2 Å². The zero-order valence-electron chi connectivity index (χ0n) is 13.9. The van der Waals surface area contributed by atoms with Gasteiger partial charge in [-0.15, -0.1) is 12.4 Å². The Balaban J connectivity index is 0.00000208. The number of halogens is 1. The van der Waals surface area contributed by atoms with Crippen LogP contribution in [0.3, 0.4) is 0 Å². The fourth-order valence-corrected chi connectivity index (χ4v) is 3.26. The maximum atomic E-state index is 12.4. The highest BCUT2D eigenvalue weighted by atomic mass is 35.5. The molecule has 2 heterocycles. The predicted molar refractivity (Wildman–Crippen MR) is 96.3 cm³/mol. The number of piperidine rings is 1. The van der Waals surface area contributed by atoms with E-state index in [0.29, 0.717) is 6.54 Å². The molecule has 24 heavy (non-hydrogen) atoms. The molecule has 2 fully saturated rings. The maximum Gasteiger partial charge on any atom is 0.253 e. The van der Waals surface area contributed by atoms with Gasteiger partial charge < -0.3 is 15.5 Å². The summed E-state index contributed by atoms with van der Waals surface area (Å²) in [5.41, 5.74) is 1.77. The quantitative estimate of drug-likeness (QED) is 0.871. The fourth-order valence-electron chi connectivity index (χ4n) is 3.26. The Morgan fingerprint density at radius 2 is 1.83 bits per heavy atom. The van der Waals surface area contributed by atoms with Crippen LogP contribution < -0.4 is 10.6 Å². The van der Waals surface area contributed by atoms with Gasteiger partial charge in [0, 0.05) is 31.7 Å². The molecule has 0 aromatic heterocycles. The van der Waals surface area contributed by atoms with Crippen LogP contribution in [-0.2, 0) is 11.3 Å².